The molecule has 0 spiro atoms. The van der Waals surface area contributed by atoms with Gasteiger partial charge in [-0.2, -0.15) is 0 Å². The first-order valence-corrected chi connectivity index (χ1v) is 13.3. The van der Waals surface area contributed by atoms with Gasteiger partial charge in [0.2, 0.25) is 0 Å². The van der Waals surface area contributed by atoms with Crippen LogP contribution in [0.5, 0.6) is 0 Å². The summed E-state index contributed by atoms with van der Waals surface area (Å²) in [4.78, 5) is 0. The van der Waals surface area contributed by atoms with E-state index >= 15 is 0 Å². The third-order valence-corrected chi connectivity index (χ3v) is 10.1. The molecule has 0 radical (unpaired) electrons. The Balaban J connectivity index is 1.13. The van der Waals surface area contributed by atoms with E-state index in [4.69, 9.17) is 42.6 Å². The number of ether oxygens (including phenoxy) is 9. The number of hydrogen-bond acceptors (Lipinski definition) is 9. The molecule has 3 saturated carbocycles. The zero-order valence-corrected chi connectivity index (χ0v) is 21.6. The normalized spacial score (nSPS) is 47.3. The number of epoxide rings is 3. The maximum Gasteiger partial charge on any atom is 0.146 e. The minimum atomic E-state index is -0.0897. The summed E-state index contributed by atoms with van der Waals surface area (Å²) in [5, 5.41) is 0. The predicted molar refractivity (Wildman–Crippen MR) is 123 cm³/mol. The van der Waals surface area contributed by atoms with Gasteiger partial charge in [-0.15, -0.1) is 0 Å². The van der Waals surface area contributed by atoms with E-state index in [1.54, 1.807) is 21.3 Å². The van der Waals surface area contributed by atoms with Crippen LogP contribution >= 0.6 is 0 Å². The maximum atomic E-state index is 6.46. The van der Waals surface area contributed by atoms with Gasteiger partial charge in [0.25, 0.3) is 0 Å². The Kier molecular flexibility index (Phi) is 6.72. The van der Waals surface area contributed by atoms with E-state index in [0.717, 1.165) is 32.1 Å². The van der Waals surface area contributed by atoms with Gasteiger partial charge in [-0.1, -0.05) is 6.92 Å². The fraction of sp³-hybridized carbons (Fsp3) is 1.00. The van der Waals surface area contributed by atoms with E-state index in [1.807, 2.05) is 0 Å². The first kappa shape index (κ1) is 24.9. The Labute approximate surface area is 208 Å². The highest BCUT2D eigenvalue weighted by Gasteiger charge is 2.79. The SMILES string of the molecule is COCOCC1CC2OC12CC(CC(C)C12OC1CC2COCOC)C12OC1CC2COCOC. The van der Waals surface area contributed by atoms with Gasteiger partial charge in [0.05, 0.1) is 38.1 Å². The fourth-order valence-corrected chi connectivity index (χ4v) is 8.03. The molecule has 9 nitrogen and oxygen atoms in total. The van der Waals surface area contributed by atoms with E-state index in [-0.39, 0.29) is 16.8 Å². The van der Waals surface area contributed by atoms with E-state index in [0.29, 0.717) is 88.1 Å². The third kappa shape index (κ3) is 3.92. The molecule has 6 aliphatic rings. The lowest BCUT2D eigenvalue weighted by molar-refractivity contribution is -0.0773. The second-order valence-electron chi connectivity index (χ2n) is 11.6. The van der Waals surface area contributed by atoms with Crippen molar-refractivity contribution < 1.29 is 42.6 Å². The summed E-state index contributed by atoms with van der Waals surface area (Å²) in [5.74, 6) is 2.12. The summed E-state index contributed by atoms with van der Waals surface area (Å²) in [7, 11) is 5.00. The molecule has 3 heterocycles. The summed E-state index contributed by atoms with van der Waals surface area (Å²) in [6, 6.07) is 0. The Morgan fingerprint density at radius 2 is 1.20 bits per heavy atom. The van der Waals surface area contributed by atoms with E-state index < -0.39 is 0 Å². The molecule has 0 N–H and O–H groups in total. The first-order valence-electron chi connectivity index (χ1n) is 13.3. The molecule has 6 rings (SSSR count). The summed E-state index contributed by atoms with van der Waals surface area (Å²) in [5.41, 5.74) is -0.187. The average molecular weight is 499 g/mol. The van der Waals surface area contributed by atoms with Crippen LogP contribution in [-0.4, -0.2) is 96.6 Å². The van der Waals surface area contributed by atoms with Gasteiger partial charge in [0.15, 0.2) is 0 Å². The van der Waals surface area contributed by atoms with Crippen LogP contribution in [0.4, 0.5) is 0 Å². The summed E-state index contributed by atoms with van der Waals surface area (Å²) < 4.78 is 51.6. The molecule has 0 aromatic heterocycles. The molecule has 6 fully saturated rings. The molecular formula is C26H42O9. The van der Waals surface area contributed by atoms with Gasteiger partial charge >= 0.3 is 0 Å². The monoisotopic (exact) mass is 498 g/mol. The minimum absolute atomic E-state index is 0.0408. The van der Waals surface area contributed by atoms with Crippen LogP contribution in [0.2, 0.25) is 0 Å². The average Bonchev–Trinajstić information content (AvgIpc) is 3.75. The molecule has 0 amide bonds. The van der Waals surface area contributed by atoms with Crippen LogP contribution in [0, 0.1) is 29.6 Å². The van der Waals surface area contributed by atoms with Crippen molar-refractivity contribution in [2.45, 2.75) is 74.1 Å². The van der Waals surface area contributed by atoms with Crippen molar-refractivity contribution in [1.82, 2.24) is 0 Å². The quantitative estimate of drug-likeness (QED) is 0.160. The first-order chi connectivity index (χ1) is 17.0. The molecule has 9 heteroatoms. The van der Waals surface area contributed by atoms with Gasteiger partial charge in [-0.25, -0.2) is 0 Å². The second-order valence-corrected chi connectivity index (χ2v) is 11.6. The Morgan fingerprint density at radius 3 is 1.66 bits per heavy atom. The molecule has 11 atom stereocenters. The summed E-state index contributed by atoms with van der Waals surface area (Å²) >= 11 is 0. The molecule has 35 heavy (non-hydrogen) atoms. The predicted octanol–water partition coefficient (Wildman–Crippen LogP) is 2.35. The standard InChI is InChI=1S/C26H42O9/c1-16(25-19(7-22(25)34-25)11-31-14-28-3)5-17(26-20(8-23(26)35-26)12-32-15-29-4)9-24-18(6-21(24)33-24)10-30-13-27-2/h16-23H,5-15H2,1-4H3. The smallest absolute Gasteiger partial charge is 0.146 e. The second kappa shape index (κ2) is 9.43. The van der Waals surface area contributed by atoms with Gasteiger partial charge in [0.1, 0.15) is 37.2 Å². The van der Waals surface area contributed by atoms with Crippen LogP contribution in [0.15, 0.2) is 0 Å². The highest BCUT2D eigenvalue weighted by atomic mass is 16.7. The fourth-order valence-electron chi connectivity index (χ4n) is 8.03. The van der Waals surface area contributed by atoms with E-state index in [1.165, 1.54) is 0 Å². The van der Waals surface area contributed by atoms with Crippen molar-refractivity contribution in [1.29, 1.82) is 0 Å². The van der Waals surface area contributed by atoms with E-state index in [9.17, 15) is 0 Å². The molecule has 0 aromatic rings. The lowest BCUT2D eigenvalue weighted by Gasteiger charge is -2.44. The Hall–Kier alpha value is -0.360. The van der Waals surface area contributed by atoms with Crippen LogP contribution in [0.25, 0.3) is 0 Å². The molecule has 11 unspecified atom stereocenters. The van der Waals surface area contributed by atoms with Crippen LogP contribution < -0.4 is 0 Å². The third-order valence-electron chi connectivity index (χ3n) is 10.1. The summed E-state index contributed by atoms with van der Waals surface area (Å²) in [6.45, 7) is 5.44. The highest BCUT2D eigenvalue weighted by Crippen LogP contribution is 2.70. The van der Waals surface area contributed by atoms with Crippen molar-refractivity contribution in [2.75, 3.05) is 61.5 Å². The van der Waals surface area contributed by atoms with Gasteiger partial charge in [-0.3, -0.25) is 0 Å². The van der Waals surface area contributed by atoms with Crippen LogP contribution in [0.3, 0.4) is 0 Å². The zero-order chi connectivity index (χ0) is 24.3. The molecule has 200 valence electrons. The minimum Gasteiger partial charge on any atom is -0.366 e. The topological polar surface area (TPSA) is 93.0 Å². The molecular weight excluding hydrogens is 456 g/mol. The van der Waals surface area contributed by atoms with Gasteiger partial charge < -0.3 is 42.6 Å². The number of fused-ring (bicyclic) bond motifs is 3. The van der Waals surface area contributed by atoms with Gasteiger partial charge in [0, 0.05) is 39.1 Å². The molecule has 0 bridgehead atoms. The Morgan fingerprint density at radius 1 is 0.686 bits per heavy atom. The van der Waals surface area contributed by atoms with Gasteiger partial charge in [-0.05, 0) is 43.9 Å². The molecule has 0 aromatic carbocycles. The van der Waals surface area contributed by atoms with Crippen molar-refractivity contribution >= 4 is 0 Å². The molecule has 3 aliphatic heterocycles. The number of rotatable bonds is 18. The largest absolute Gasteiger partial charge is 0.366 e. The van der Waals surface area contributed by atoms with Crippen molar-refractivity contribution in [3.63, 3.8) is 0 Å². The lowest BCUT2D eigenvalue weighted by Crippen LogP contribution is -2.53. The van der Waals surface area contributed by atoms with Crippen LogP contribution in [-0.2, 0) is 42.6 Å². The van der Waals surface area contributed by atoms with Crippen molar-refractivity contribution in [2.24, 2.45) is 29.6 Å². The van der Waals surface area contributed by atoms with Crippen LogP contribution in [0.1, 0.15) is 39.0 Å². The zero-order valence-electron chi connectivity index (χ0n) is 21.6. The lowest BCUT2D eigenvalue weighted by atomic mass is 9.57. The molecule has 3 aliphatic carbocycles. The van der Waals surface area contributed by atoms with Crippen molar-refractivity contribution in [3.05, 3.63) is 0 Å². The number of methoxy groups -OCH3 is 3. The van der Waals surface area contributed by atoms with Crippen molar-refractivity contribution in [3.8, 4) is 0 Å². The molecule has 3 saturated heterocycles. The highest BCUT2D eigenvalue weighted by molar-refractivity contribution is 5.27. The Bertz CT molecular complexity index is 767. The summed E-state index contributed by atoms with van der Waals surface area (Å²) in [6.07, 6.45) is 6.43. The van der Waals surface area contributed by atoms with E-state index in [2.05, 4.69) is 6.92 Å². The maximum absolute atomic E-state index is 6.46. The number of hydrogen-bond donors (Lipinski definition) is 0.